The van der Waals surface area contributed by atoms with E-state index in [1.54, 1.807) is 0 Å². The van der Waals surface area contributed by atoms with Crippen LogP contribution >= 0.6 is 11.3 Å². The summed E-state index contributed by atoms with van der Waals surface area (Å²) in [5, 5.41) is 6.25. The fraction of sp³-hybridized carbons (Fsp3) is 0.857. The topological polar surface area (TPSA) is 55.4 Å². The fourth-order valence-corrected chi connectivity index (χ4v) is 3.70. The van der Waals surface area contributed by atoms with Crippen LogP contribution < -0.4 is 9.47 Å². The molecule has 0 saturated heterocycles. The first-order valence-electron chi connectivity index (χ1n) is 13.7. The quantitative estimate of drug-likeness (QED) is 0.140. The molecule has 4 atom stereocenters. The number of ether oxygens (including phenoxy) is 6. The maximum atomic E-state index is 6.09. The van der Waals surface area contributed by atoms with Crippen LogP contribution in [0.5, 0.6) is 11.5 Å². The van der Waals surface area contributed by atoms with Gasteiger partial charge in [0.1, 0.15) is 13.2 Å². The molecule has 7 heteroatoms. The van der Waals surface area contributed by atoms with Gasteiger partial charge in [-0.2, -0.15) is 0 Å². The van der Waals surface area contributed by atoms with E-state index in [-0.39, 0.29) is 24.4 Å². The first-order valence-corrected chi connectivity index (χ1v) is 14.6. The van der Waals surface area contributed by atoms with Crippen LogP contribution in [0, 0.1) is 10.8 Å². The van der Waals surface area contributed by atoms with Gasteiger partial charge in [0.25, 0.3) is 0 Å². The average Bonchev–Trinajstić information content (AvgIpc) is 3.33. The Morgan fingerprint density at radius 2 is 0.914 bits per heavy atom. The lowest BCUT2D eigenvalue weighted by Crippen LogP contribution is -2.28. The molecule has 1 aromatic rings. The smallest absolute Gasteiger partial charge is 0.181 e. The molecule has 0 fully saturated rings. The average molecular weight is 515 g/mol. The normalized spacial score (nSPS) is 15.0. The zero-order chi connectivity index (χ0) is 25.7. The molecule has 4 unspecified atom stereocenters. The Bertz CT molecular complexity index is 547. The Balaban J connectivity index is 2.43. The van der Waals surface area contributed by atoms with Gasteiger partial charge in [-0.05, 0) is 38.5 Å². The van der Waals surface area contributed by atoms with E-state index in [4.69, 9.17) is 28.4 Å². The highest BCUT2D eigenvalue weighted by molar-refractivity contribution is 7.07. The molecule has 0 spiro atoms. The summed E-state index contributed by atoms with van der Waals surface area (Å²) in [7, 11) is 0. The van der Waals surface area contributed by atoms with Crippen LogP contribution in [0.4, 0.5) is 0 Å². The Morgan fingerprint density at radius 1 is 0.543 bits per heavy atom. The molecule has 0 aromatic carbocycles. The minimum absolute atomic E-state index is 0.00890. The van der Waals surface area contributed by atoms with Crippen LogP contribution in [0.2, 0.25) is 0 Å². The number of hydrogen-bond acceptors (Lipinski definition) is 7. The van der Waals surface area contributed by atoms with Gasteiger partial charge >= 0.3 is 0 Å². The van der Waals surface area contributed by atoms with Crippen LogP contribution in [0.15, 0.2) is 0 Å². The fourth-order valence-electron chi connectivity index (χ4n) is 3.16. The van der Waals surface area contributed by atoms with Gasteiger partial charge in [-0.15, -0.1) is 11.3 Å². The highest BCUT2D eigenvalue weighted by Crippen LogP contribution is 2.31. The summed E-state index contributed by atoms with van der Waals surface area (Å²) in [5.74, 6) is 1.18. The lowest BCUT2D eigenvalue weighted by molar-refractivity contribution is -0.0598. The van der Waals surface area contributed by atoms with Crippen LogP contribution in [-0.4, -0.2) is 64.1 Å². The molecule has 0 N–H and O–H groups in total. The third-order valence-electron chi connectivity index (χ3n) is 5.88. The van der Waals surface area contributed by atoms with Crippen molar-refractivity contribution >= 4 is 11.3 Å². The van der Waals surface area contributed by atoms with Gasteiger partial charge in [0.05, 0.1) is 48.4 Å². The summed E-state index contributed by atoms with van der Waals surface area (Å²) in [5.41, 5.74) is 0. The molecule has 1 rings (SSSR count). The van der Waals surface area contributed by atoms with Crippen molar-refractivity contribution in [2.24, 2.45) is 0 Å². The lowest BCUT2D eigenvalue weighted by Gasteiger charge is -2.22. The second-order valence-corrected chi connectivity index (χ2v) is 9.44. The molecule has 0 aliphatic rings. The van der Waals surface area contributed by atoms with Crippen LogP contribution in [0.3, 0.4) is 0 Å². The summed E-state index contributed by atoms with van der Waals surface area (Å²) < 4.78 is 36.0. The molecule has 0 bridgehead atoms. The van der Waals surface area contributed by atoms with Crippen molar-refractivity contribution in [1.82, 2.24) is 0 Å². The van der Waals surface area contributed by atoms with Crippen molar-refractivity contribution in [2.45, 2.75) is 117 Å². The summed E-state index contributed by atoms with van der Waals surface area (Å²) in [6.45, 7) is 16.5. The van der Waals surface area contributed by atoms with Gasteiger partial charge in [0.15, 0.2) is 11.5 Å². The zero-order valence-electron chi connectivity index (χ0n) is 23.1. The predicted molar refractivity (Wildman–Crippen MR) is 143 cm³/mol. The molecule has 204 valence electrons. The first kappa shape index (κ1) is 32.2. The van der Waals surface area contributed by atoms with Gasteiger partial charge in [0.2, 0.25) is 0 Å². The number of rotatable bonds is 24. The van der Waals surface area contributed by atoms with E-state index in [9.17, 15) is 0 Å². The summed E-state index contributed by atoms with van der Waals surface area (Å²) in [6, 6.07) is 0. The first-order chi connectivity index (χ1) is 17.1. The van der Waals surface area contributed by atoms with E-state index in [2.05, 4.69) is 52.3 Å². The minimum atomic E-state index is -0.00890. The van der Waals surface area contributed by atoms with Crippen molar-refractivity contribution in [2.75, 3.05) is 39.6 Å². The third-order valence-corrected chi connectivity index (χ3v) is 6.46. The van der Waals surface area contributed by atoms with Crippen LogP contribution in [0.1, 0.15) is 92.9 Å². The highest BCUT2D eigenvalue weighted by Gasteiger charge is 2.17. The Labute approximate surface area is 219 Å². The van der Waals surface area contributed by atoms with E-state index >= 15 is 0 Å². The molecule has 0 amide bonds. The lowest BCUT2D eigenvalue weighted by atomic mass is 10.2. The highest BCUT2D eigenvalue weighted by atomic mass is 32.1. The van der Waals surface area contributed by atoms with E-state index in [1.165, 1.54) is 11.3 Å². The predicted octanol–water partition coefficient (Wildman–Crippen LogP) is 6.89. The van der Waals surface area contributed by atoms with E-state index in [0.29, 0.717) is 37.9 Å². The largest absolute Gasteiger partial charge is 0.485 e. The van der Waals surface area contributed by atoms with Crippen molar-refractivity contribution in [3.63, 3.8) is 0 Å². The van der Waals surface area contributed by atoms with Crippen molar-refractivity contribution in [3.8, 4) is 11.5 Å². The van der Waals surface area contributed by atoms with E-state index < -0.39 is 0 Å². The molecular weight excluding hydrogens is 464 g/mol. The van der Waals surface area contributed by atoms with Crippen molar-refractivity contribution in [3.05, 3.63) is 10.8 Å². The van der Waals surface area contributed by atoms with Gasteiger partial charge in [-0.3, -0.25) is 0 Å². The number of hydrogen-bond donors (Lipinski definition) is 0. The minimum Gasteiger partial charge on any atom is -0.485 e. The van der Waals surface area contributed by atoms with Gasteiger partial charge in [-0.25, -0.2) is 0 Å². The Kier molecular flexibility index (Phi) is 19.5. The van der Waals surface area contributed by atoms with E-state index in [1.807, 2.05) is 0 Å². The third kappa shape index (κ3) is 14.5. The molecule has 1 heterocycles. The molecule has 0 saturated carbocycles. The standard InChI is InChI=1S/C28H50O6S/c1-7-13-15-29-23(9-3)17-31-25(11-5)19-33-27-21-35-22-28(27)34-20-26(12-6)32-18-24(10-4)30-16-14-8-2/h23-26H,7-20H2,1-6H3. The maximum Gasteiger partial charge on any atom is 0.181 e. The maximum absolute atomic E-state index is 6.09. The molecule has 0 aliphatic heterocycles. The Morgan fingerprint density at radius 3 is 1.26 bits per heavy atom. The monoisotopic (exact) mass is 514 g/mol. The summed E-state index contributed by atoms with van der Waals surface area (Å²) in [4.78, 5) is 0. The van der Waals surface area contributed by atoms with Crippen molar-refractivity contribution < 1.29 is 28.4 Å². The second-order valence-electron chi connectivity index (χ2n) is 8.82. The van der Waals surface area contributed by atoms with Crippen molar-refractivity contribution in [1.29, 1.82) is 0 Å². The molecular formula is C28H50O6S. The molecule has 2 radical (unpaired) electrons. The van der Waals surface area contributed by atoms with Crippen LogP contribution in [0.25, 0.3) is 0 Å². The summed E-state index contributed by atoms with van der Waals surface area (Å²) >= 11 is 1.33. The molecule has 35 heavy (non-hydrogen) atoms. The van der Waals surface area contributed by atoms with Gasteiger partial charge in [-0.1, -0.05) is 54.4 Å². The second kappa shape index (κ2) is 21.2. The zero-order valence-corrected chi connectivity index (χ0v) is 23.9. The SMILES string of the molecule is CCCCOC(CC)COC(CC)COc1[c]s[c]c1OCC(CC)OCC(CC)OCCCC. The number of thiophene rings is 1. The molecule has 0 aliphatic carbocycles. The molecule has 1 aromatic heterocycles. The number of unbranched alkanes of at least 4 members (excludes halogenated alkanes) is 2. The summed E-state index contributed by atoms with van der Waals surface area (Å²) in [6.07, 6.45) is 8.29. The van der Waals surface area contributed by atoms with Gasteiger partial charge < -0.3 is 28.4 Å². The van der Waals surface area contributed by atoms with Crippen LogP contribution in [-0.2, 0) is 18.9 Å². The van der Waals surface area contributed by atoms with E-state index in [0.717, 1.165) is 64.6 Å². The molecule has 6 nitrogen and oxygen atoms in total. The Hall–Kier alpha value is -0.860. The van der Waals surface area contributed by atoms with Gasteiger partial charge in [0, 0.05) is 13.2 Å².